The summed E-state index contributed by atoms with van der Waals surface area (Å²) < 4.78 is 10.7. The Kier molecular flexibility index (Phi) is 1.87. The van der Waals surface area contributed by atoms with Crippen molar-refractivity contribution in [1.29, 1.82) is 0 Å². The van der Waals surface area contributed by atoms with Crippen LogP contribution in [0.1, 0.15) is 23.2 Å². The summed E-state index contributed by atoms with van der Waals surface area (Å²) >= 11 is 0. The van der Waals surface area contributed by atoms with Crippen LogP contribution in [-0.2, 0) is 4.74 Å². The molecule has 1 spiro atoms. The second-order valence-corrected chi connectivity index (χ2v) is 4.31. The number of esters is 1. The number of carbonyl (C=O) groups is 1. The molecule has 84 valence electrons. The minimum Gasteiger partial charge on any atom is -0.482 e. The first-order valence-electron chi connectivity index (χ1n) is 5.38. The van der Waals surface area contributed by atoms with Gasteiger partial charge in [0.25, 0.3) is 0 Å². The quantitative estimate of drug-likeness (QED) is 0.732. The summed E-state index contributed by atoms with van der Waals surface area (Å²) in [7, 11) is 1.38. The summed E-state index contributed by atoms with van der Waals surface area (Å²) in [4.78, 5) is 11.6. The number of anilines is 1. The molecule has 1 aromatic carbocycles. The number of hydrogen-bond acceptors (Lipinski definition) is 4. The Morgan fingerprint density at radius 2 is 2.31 bits per heavy atom. The first-order chi connectivity index (χ1) is 7.74. The summed E-state index contributed by atoms with van der Waals surface area (Å²) in [5.41, 5.74) is 1.30. The van der Waals surface area contributed by atoms with Gasteiger partial charge in [-0.05, 0) is 25.0 Å². The van der Waals surface area contributed by atoms with Crippen molar-refractivity contribution in [3.8, 4) is 5.75 Å². The van der Waals surface area contributed by atoms with Crippen molar-refractivity contribution in [2.24, 2.45) is 0 Å². The number of carbonyl (C=O) groups excluding carboxylic acids is 1. The van der Waals surface area contributed by atoms with Crippen LogP contribution in [0, 0.1) is 0 Å². The van der Waals surface area contributed by atoms with Crippen molar-refractivity contribution in [3.63, 3.8) is 0 Å². The smallest absolute Gasteiger partial charge is 0.341 e. The van der Waals surface area contributed by atoms with Gasteiger partial charge in [0.05, 0.1) is 19.3 Å². The van der Waals surface area contributed by atoms with Crippen LogP contribution in [-0.4, -0.2) is 25.2 Å². The van der Waals surface area contributed by atoms with E-state index in [2.05, 4.69) is 5.32 Å². The molecule has 1 saturated carbocycles. The summed E-state index contributed by atoms with van der Waals surface area (Å²) in [6.45, 7) is 0.824. The molecule has 4 heteroatoms. The Hall–Kier alpha value is -1.71. The lowest BCUT2D eigenvalue weighted by atomic mass is 10.1. The topological polar surface area (TPSA) is 47.6 Å². The van der Waals surface area contributed by atoms with Gasteiger partial charge in [0.15, 0.2) is 5.75 Å². The van der Waals surface area contributed by atoms with Crippen LogP contribution < -0.4 is 10.1 Å². The molecule has 0 saturated heterocycles. The Bertz CT molecular complexity index is 452. The number of methoxy groups -OCH3 is 1. The molecule has 1 aliphatic heterocycles. The van der Waals surface area contributed by atoms with Gasteiger partial charge in [0.2, 0.25) is 0 Å². The highest BCUT2D eigenvalue weighted by atomic mass is 16.5. The van der Waals surface area contributed by atoms with E-state index in [0.717, 1.165) is 25.1 Å². The molecule has 1 aliphatic carbocycles. The zero-order valence-corrected chi connectivity index (χ0v) is 9.08. The molecule has 4 nitrogen and oxygen atoms in total. The van der Waals surface area contributed by atoms with E-state index in [1.54, 1.807) is 6.07 Å². The average Bonchev–Trinajstić information content (AvgIpc) is 3.07. The standard InChI is InChI=1S/C12H13NO3/c1-15-11(14)8-3-2-4-9-10(8)16-12(5-6-12)7-13-9/h2-4,13H,5-7H2,1H3. The highest BCUT2D eigenvalue weighted by Crippen LogP contribution is 2.47. The van der Waals surface area contributed by atoms with Crippen LogP contribution in [0.4, 0.5) is 5.69 Å². The van der Waals surface area contributed by atoms with Crippen molar-refractivity contribution in [2.45, 2.75) is 18.4 Å². The van der Waals surface area contributed by atoms with Crippen molar-refractivity contribution in [1.82, 2.24) is 0 Å². The lowest BCUT2D eigenvalue weighted by Crippen LogP contribution is -2.33. The summed E-state index contributed by atoms with van der Waals surface area (Å²) in [5.74, 6) is 0.287. The van der Waals surface area contributed by atoms with E-state index >= 15 is 0 Å². The molecule has 0 bridgehead atoms. The van der Waals surface area contributed by atoms with Crippen LogP contribution in [0.2, 0.25) is 0 Å². The highest BCUT2D eigenvalue weighted by Gasteiger charge is 2.48. The van der Waals surface area contributed by atoms with Crippen molar-refractivity contribution in [3.05, 3.63) is 23.8 Å². The van der Waals surface area contributed by atoms with Gasteiger partial charge in [-0.25, -0.2) is 4.79 Å². The van der Waals surface area contributed by atoms with Crippen molar-refractivity contribution >= 4 is 11.7 Å². The Morgan fingerprint density at radius 3 is 3.00 bits per heavy atom. The molecule has 2 aliphatic rings. The lowest BCUT2D eigenvalue weighted by molar-refractivity contribution is 0.0591. The number of hydrogen-bond donors (Lipinski definition) is 1. The monoisotopic (exact) mass is 219 g/mol. The van der Waals surface area contributed by atoms with E-state index < -0.39 is 0 Å². The maximum atomic E-state index is 11.6. The van der Waals surface area contributed by atoms with E-state index in [4.69, 9.17) is 9.47 Å². The fraction of sp³-hybridized carbons (Fsp3) is 0.417. The van der Waals surface area contributed by atoms with Gasteiger partial charge in [0, 0.05) is 0 Å². The summed E-state index contributed by atoms with van der Waals surface area (Å²) in [6.07, 6.45) is 2.10. The first kappa shape index (κ1) is 9.51. The van der Waals surface area contributed by atoms with Crippen LogP contribution in [0.3, 0.4) is 0 Å². The zero-order valence-electron chi connectivity index (χ0n) is 9.08. The fourth-order valence-electron chi connectivity index (χ4n) is 1.98. The number of rotatable bonds is 1. The highest BCUT2D eigenvalue weighted by molar-refractivity contribution is 5.95. The molecule has 0 amide bonds. The SMILES string of the molecule is COC(=O)c1cccc2c1OC1(CC1)CN2. The molecule has 1 aromatic rings. The van der Waals surface area contributed by atoms with Gasteiger partial charge in [-0.2, -0.15) is 0 Å². The third-order valence-electron chi connectivity index (χ3n) is 3.15. The molecule has 0 unspecified atom stereocenters. The third-order valence-corrected chi connectivity index (χ3v) is 3.15. The molecular formula is C12H13NO3. The van der Waals surface area contributed by atoms with E-state index in [0.29, 0.717) is 11.3 Å². The van der Waals surface area contributed by atoms with Gasteiger partial charge in [-0.3, -0.25) is 0 Å². The molecule has 1 heterocycles. The van der Waals surface area contributed by atoms with Gasteiger partial charge in [0.1, 0.15) is 11.2 Å². The third kappa shape index (κ3) is 1.33. The maximum absolute atomic E-state index is 11.6. The minimum absolute atomic E-state index is 0.0723. The second-order valence-electron chi connectivity index (χ2n) is 4.31. The normalized spacial score (nSPS) is 19.3. The van der Waals surface area contributed by atoms with Crippen LogP contribution in [0.15, 0.2) is 18.2 Å². The Morgan fingerprint density at radius 1 is 1.50 bits per heavy atom. The van der Waals surface area contributed by atoms with E-state index in [-0.39, 0.29) is 11.6 Å². The van der Waals surface area contributed by atoms with Crippen LogP contribution in [0.5, 0.6) is 5.75 Å². The molecule has 1 fully saturated rings. The van der Waals surface area contributed by atoms with Gasteiger partial charge in [-0.15, -0.1) is 0 Å². The van der Waals surface area contributed by atoms with Gasteiger partial charge >= 0.3 is 5.97 Å². The molecule has 0 aromatic heterocycles. The number of para-hydroxylation sites is 1. The molecule has 16 heavy (non-hydrogen) atoms. The predicted octanol–water partition coefficient (Wildman–Crippen LogP) is 1.81. The average molecular weight is 219 g/mol. The van der Waals surface area contributed by atoms with Gasteiger partial charge in [-0.1, -0.05) is 6.07 Å². The lowest BCUT2D eigenvalue weighted by Gasteiger charge is -2.28. The molecular weight excluding hydrogens is 206 g/mol. The number of nitrogens with one attached hydrogen (secondary N) is 1. The van der Waals surface area contributed by atoms with E-state index in [1.807, 2.05) is 12.1 Å². The van der Waals surface area contributed by atoms with Crippen molar-refractivity contribution in [2.75, 3.05) is 19.0 Å². The molecule has 0 atom stereocenters. The van der Waals surface area contributed by atoms with E-state index in [1.165, 1.54) is 7.11 Å². The molecule has 3 rings (SSSR count). The summed E-state index contributed by atoms with van der Waals surface area (Å²) in [6, 6.07) is 5.47. The van der Waals surface area contributed by atoms with Crippen molar-refractivity contribution < 1.29 is 14.3 Å². The predicted molar refractivity (Wildman–Crippen MR) is 58.9 cm³/mol. The maximum Gasteiger partial charge on any atom is 0.341 e. The molecule has 1 N–H and O–H groups in total. The fourth-order valence-corrected chi connectivity index (χ4v) is 1.98. The number of fused-ring (bicyclic) bond motifs is 1. The first-order valence-corrected chi connectivity index (χ1v) is 5.38. The minimum atomic E-state index is -0.351. The van der Waals surface area contributed by atoms with Crippen LogP contribution >= 0.6 is 0 Å². The van der Waals surface area contributed by atoms with Crippen LogP contribution in [0.25, 0.3) is 0 Å². The molecule has 0 radical (unpaired) electrons. The Labute approximate surface area is 93.5 Å². The zero-order chi connectivity index (χ0) is 11.2. The Balaban J connectivity index is 2.04. The summed E-state index contributed by atoms with van der Waals surface area (Å²) in [5, 5.41) is 3.30. The van der Waals surface area contributed by atoms with E-state index in [9.17, 15) is 4.79 Å². The van der Waals surface area contributed by atoms with Gasteiger partial charge < -0.3 is 14.8 Å². The second kappa shape index (κ2) is 3.14. The number of benzene rings is 1. The number of ether oxygens (including phenoxy) is 2. The largest absolute Gasteiger partial charge is 0.482 e.